The largest absolute Gasteiger partial charge is 0.490 e. The topological polar surface area (TPSA) is 70.3 Å². The summed E-state index contributed by atoms with van der Waals surface area (Å²) in [5, 5.41) is 0. The van der Waals surface area contributed by atoms with Gasteiger partial charge >= 0.3 is 0 Å². The molecule has 0 saturated carbocycles. The second-order valence-corrected chi connectivity index (χ2v) is 6.38. The summed E-state index contributed by atoms with van der Waals surface area (Å²) in [7, 11) is 0. The van der Waals surface area contributed by atoms with Crippen LogP contribution in [0.3, 0.4) is 0 Å². The SMILES string of the molecule is CCOc1ccc(CN2CCc3c([nH]c(=S)[nH]c3=O)C2)cc1OCC. The molecular weight excluding hydrogens is 338 g/mol. The summed E-state index contributed by atoms with van der Waals surface area (Å²) in [5.74, 6) is 1.54. The van der Waals surface area contributed by atoms with Crippen molar-refractivity contribution in [3.05, 3.63) is 50.1 Å². The van der Waals surface area contributed by atoms with Crippen LogP contribution < -0.4 is 15.0 Å². The minimum atomic E-state index is -0.0712. The van der Waals surface area contributed by atoms with Crippen LogP contribution in [0.15, 0.2) is 23.0 Å². The second kappa shape index (κ2) is 7.84. The molecule has 2 aromatic rings. The number of benzene rings is 1. The van der Waals surface area contributed by atoms with E-state index in [9.17, 15) is 4.79 Å². The Morgan fingerprint density at radius 1 is 1.16 bits per heavy atom. The smallest absolute Gasteiger partial charge is 0.255 e. The van der Waals surface area contributed by atoms with Crippen molar-refractivity contribution in [3.63, 3.8) is 0 Å². The maximum Gasteiger partial charge on any atom is 0.255 e. The van der Waals surface area contributed by atoms with Gasteiger partial charge in [-0.3, -0.25) is 14.7 Å². The van der Waals surface area contributed by atoms with E-state index < -0.39 is 0 Å². The molecule has 25 heavy (non-hydrogen) atoms. The fourth-order valence-electron chi connectivity index (χ4n) is 3.12. The van der Waals surface area contributed by atoms with Crippen molar-refractivity contribution in [3.8, 4) is 11.5 Å². The van der Waals surface area contributed by atoms with Gasteiger partial charge in [0.2, 0.25) is 0 Å². The van der Waals surface area contributed by atoms with Crippen molar-refractivity contribution < 1.29 is 9.47 Å². The van der Waals surface area contributed by atoms with Crippen LogP contribution in [0.4, 0.5) is 0 Å². The van der Waals surface area contributed by atoms with Gasteiger partial charge in [0.15, 0.2) is 16.3 Å². The van der Waals surface area contributed by atoms with E-state index in [1.165, 1.54) is 0 Å². The average molecular weight is 361 g/mol. The molecule has 0 aliphatic carbocycles. The van der Waals surface area contributed by atoms with E-state index in [1.807, 2.05) is 26.0 Å². The summed E-state index contributed by atoms with van der Waals surface area (Å²) in [5.41, 5.74) is 2.81. The van der Waals surface area contributed by atoms with Crippen LogP contribution in [0.2, 0.25) is 0 Å². The highest BCUT2D eigenvalue weighted by Crippen LogP contribution is 2.29. The van der Waals surface area contributed by atoms with Crippen LogP contribution in [-0.4, -0.2) is 34.6 Å². The Labute approximate surface area is 151 Å². The zero-order valence-corrected chi connectivity index (χ0v) is 15.4. The number of nitrogens with one attached hydrogen (secondary N) is 2. The Morgan fingerprint density at radius 3 is 2.68 bits per heavy atom. The Morgan fingerprint density at radius 2 is 1.92 bits per heavy atom. The number of H-pyrrole nitrogens is 2. The number of hydrogen-bond donors (Lipinski definition) is 2. The third-order valence-electron chi connectivity index (χ3n) is 4.20. The molecule has 2 N–H and O–H groups in total. The molecule has 1 aromatic carbocycles. The molecule has 0 saturated heterocycles. The lowest BCUT2D eigenvalue weighted by Crippen LogP contribution is -2.34. The highest BCUT2D eigenvalue weighted by Gasteiger charge is 2.20. The molecule has 7 heteroatoms. The Bertz CT molecular complexity index is 859. The van der Waals surface area contributed by atoms with Crippen LogP contribution in [-0.2, 0) is 19.5 Å². The lowest BCUT2D eigenvalue weighted by molar-refractivity contribution is 0.239. The van der Waals surface area contributed by atoms with Gasteiger partial charge in [0.05, 0.1) is 13.2 Å². The first-order valence-electron chi connectivity index (χ1n) is 8.56. The Kier molecular flexibility index (Phi) is 5.55. The maximum absolute atomic E-state index is 12.0. The molecule has 0 spiro atoms. The van der Waals surface area contributed by atoms with Gasteiger partial charge in [-0.1, -0.05) is 6.07 Å². The number of ether oxygens (including phenoxy) is 2. The lowest BCUT2D eigenvalue weighted by Gasteiger charge is -2.28. The van der Waals surface area contributed by atoms with Gasteiger partial charge in [0.25, 0.3) is 5.56 Å². The zero-order chi connectivity index (χ0) is 17.8. The van der Waals surface area contributed by atoms with Crippen molar-refractivity contribution in [2.75, 3.05) is 19.8 Å². The van der Waals surface area contributed by atoms with Gasteiger partial charge < -0.3 is 14.5 Å². The highest BCUT2D eigenvalue weighted by molar-refractivity contribution is 7.71. The number of fused-ring (bicyclic) bond motifs is 1. The molecule has 0 radical (unpaired) electrons. The van der Waals surface area contributed by atoms with Gasteiger partial charge in [0.1, 0.15) is 0 Å². The molecule has 2 heterocycles. The molecule has 1 aliphatic rings. The van der Waals surface area contributed by atoms with Gasteiger partial charge in [0, 0.05) is 30.9 Å². The van der Waals surface area contributed by atoms with Gasteiger partial charge in [-0.25, -0.2) is 0 Å². The van der Waals surface area contributed by atoms with Crippen molar-refractivity contribution in [1.29, 1.82) is 0 Å². The molecule has 0 bridgehead atoms. The quantitative estimate of drug-likeness (QED) is 0.774. The fourth-order valence-corrected chi connectivity index (χ4v) is 3.33. The van der Waals surface area contributed by atoms with E-state index in [-0.39, 0.29) is 5.56 Å². The first kappa shape index (κ1) is 17.7. The number of rotatable bonds is 6. The molecule has 0 unspecified atom stereocenters. The van der Waals surface area contributed by atoms with Crippen molar-refractivity contribution >= 4 is 12.2 Å². The number of aromatic nitrogens is 2. The predicted octanol–water partition coefficient (Wildman–Crippen LogP) is 2.79. The number of nitrogens with zero attached hydrogens (tertiary/aromatic N) is 1. The molecule has 134 valence electrons. The minimum absolute atomic E-state index is 0.0712. The Hall–Kier alpha value is -2.12. The maximum atomic E-state index is 12.0. The third kappa shape index (κ3) is 4.11. The average Bonchev–Trinajstić information content (AvgIpc) is 2.57. The van der Waals surface area contributed by atoms with E-state index in [1.54, 1.807) is 0 Å². The second-order valence-electron chi connectivity index (χ2n) is 5.97. The summed E-state index contributed by atoms with van der Waals surface area (Å²) in [6.45, 7) is 7.41. The van der Waals surface area contributed by atoms with Gasteiger partial charge in [-0.05, 0) is 50.2 Å². The standard InChI is InChI=1S/C18H23N3O3S/c1-3-23-15-6-5-12(9-16(15)24-4-2)10-21-8-7-13-14(11-21)19-18(25)20-17(13)22/h5-6,9H,3-4,7-8,10-11H2,1-2H3,(H2,19,20,22,25). The zero-order valence-electron chi connectivity index (χ0n) is 14.6. The minimum Gasteiger partial charge on any atom is -0.490 e. The molecular formula is C18H23N3O3S. The lowest BCUT2D eigenvalue weighted by atomic mass is 10.1. The summed E-state index contributed by atoms with van der Waals surface area (Å²) >= 11 is 5.08. The number of aromatic amines is 2. The van der Waals surface area contributed by atoms with E-state index in [2.05, 4.69) is 20.9 Å². The number of hydrogen-bond acceptors (Lipinski definition) is 5. The Balaban J connectivity index is 1.77. The molecule has 0 amide bonds. The molecule has 1 aromatic heterocycles. The van der Waals surface area contributed by atoms with Gasteiger partial charge in [-0.15, -0.1) is 0 Å². The first-order chi connectivity index (χ1) is 12.1. The summed E-state index contributed by atoms with van der Waals surface area (Å²) in [4.78, 5) is 20.0. The van der Waals surface area contributed by atoms with Crippen LogP contribution in [0.5, 0.6) is 11.5 Å². The third-order valence-corrected chi connectivity index (χ3v) is 4.41. The molecule has 1 aliphatic heterocycles. The van der Waals surface area contributed by atoms with E-state index >= 15 is 0 Å². The normalized spacial score (nSPS) is 14.2. The van der Waals surface area contributed by atoms with Crippen LogP contribution in [0, 0.1) is 4.77 Å². The summed E-state index contributed by atoms with van der Waals surface area (Å²) < 4.78 is 11.7. The summed E-state index contributed by atoms with van der Waals surface area (Å²) in [6.07, 6.45) is 0.714. The monoisotopic (exact) mass is 361 g/mol. The van der Waals surface area contributed by atoms with Crippen LogP contribution >= 0.6 is 12.2 Å². The molecule has 0 fully saturated rings. The molecule has 0 atom stereocenters. The van der Waals surface area contributed by atoms with Crippen molar-refractivity contribution in [2.24, 2.45) is 0 Å². The van der Waals surface area contributed by atoms with E-state index in [4.69, 9.17) is 21.7 Å². The van der Waals surface area contributed by atoms with Crippen molar-refractivity contribution in [2.45, 2.75) is 33.4 Å². The van der Waals surface area contributed by atoms with E-state index in [0.29, 0.717) is 31.0 Å². The van der Waals surface area contributed by atoms with E-state index in [0.717, 1.165) is 41.4 Å². The predicted molar refractivity (Wildman–Crippen MR) is 98.8 cm³/mol. The highest BCUT2D eigenvalue weighted by atomic mass is 32.1. The van der Waals surface area contributed by atoms with Crippen molar-refractivity contribution in [1.82, 2.24) is 14.9 Å². The molecule has 6 nitrogen and oxygen atoms in total. The fraction of sp³-hybridized carbons (Fsp3) is 0.444. The summed E-state index contributed by atoms with van der Waals surface area (Å²) in [6, 6.07) is 6.05. The van der Waals surface area contributed by atoms with Gasteiger partial charge in [-0.2, -0.15) is 0 Å². The van der Waals surface area contributed by atoms with Crippen LogP contribution in [0.25, 0.3) is 0 Å². The molecule has 3 rings (SSSR count). The van der Waals surface area contributed by atoms with Crippen LogP contribution in [0.1, 0.15) is 30.7 Å². The first-order valence-corrected chi connectivity index (χ1v) is 8.96.